The number of hydrogen-bond donors (Lipinski definition) is 1. The van der Waals surface area contributed by atoms with Crippen molar-refractivity contribution in [2.75, 3.05) is 5.73 Å². The van der Waals surface area contributed by atoms with Gasteiger partial charge in [-0.3, -0.25) is 0 Å². The molecule has 4 nitrogen and oxygen atoms in total. The van der Waals surface area contributed by atoms with Crippen molar-refractivity contribution in [1.29, 1.82) is 0 Å². The van der Waals surface area contributed by atoms with Gasteiger partial charge in [-0.05, 0) is 12.1 Å². The van der Waals surface area contributed by atoms with E-state index < -0.39 is 0 Å². The van der Waals surface area contributed by atoms with E-state index >= 15 is 0 Å². The highest BCUT2D eigenvalue weighted by Gasteiger charge is 1.94. The van der Waals surface area contributed by atoms with Gasteiger partial charge in [-0.2, -0.15) is 0 Å². The van der Waals surface area contributed by atoms with Crippen molar-refractivity contribution < 1.29 is 0 Å². The van der Waals surface area contributed by atoms with Gasteiger partial charge in [0.15, 0.2) is 5.65 Å². The summed E-state index contributed by atoms with van der Waals surface area (Å²) in [6, 6.07) is 3.63. The molecule has 0 radical (unpaired) electrons. The first-order valence-electron chi connectivity index (χ1n) is 4.19. The van der Waals surface area contributed by atoms with Crippen LogP contribution < -0.4 is 5.73 Å². The molecule has 0 saturated heterocycles. The van der Waals surface area contributed by atoms with E-state index in [2.05, 4.69) is 15.0 Å². The van der Waals surface area contributed by atoms with E-state index in [-0.39, 0.29) is 0 Å². The first-order valence-corrected chi connectivity index (χ1v) is 4.19. The standard InChI is InChI=1S/C7H6N4.C2H6/c8-6-4-10-7-5(11-6)2-1-3-9-7;1-2/h1-4H,(H2,8,11);1-2H3. The minimum Gasteiger partial charge on any atom is -0.382 e. The number of nitrogen functional groups attached to an aromatic ring is 1. The summed E-state index contributed by atoms with van der Waals surface area (Å²) in [5.74, 6) is 0.422. The third-order valence-corrected chi connectivity index (χ3v) is 1.33. The quantitative estimate of drug-likeness (QED) is 0.662. The summed E-state index contributed by atoms with van der Waals surface area (Å²) in [5, 5.41) is 0. The zero-order valence-corrected chi connectivity index (χ0v) is 7.73. The van der Waals surface area contributed by atoms with Crippen LogP contribution in [-0.4, -0.2) is 15.0 Å². The van der Waals surface area contributed by atoms with Gasteiger partial charge in [-0.15, -0.1) is 0 Å². The second kappa shape index (κ2) is 4.35. The smallest absolute Gasteiger partial charge is 0.178 e. The van der Waals surface area contributed by atoms with Crippen LogP contribution in [0, 0.1) is 0 Å². The molecule has 0 aliphatic carbocycles. The molecule has 0 atom stereocenters. The van der Waals surface area contributed by atoms with Gasteiger partial charge >= 0.3 is 0 Å². The number of fused-ring (bicyclic) bond motifs is 1. The number of hydrogen-bond acceptors (Lipinski definition) is 4. The zero-order chi connectivity index (χ0) is 9.68. The van der Waals surface area contributed by atoms with Crippen LogP contribution in [0.25, 0.3) is 11.2 Å². The van der Waals surface area contributed by atoms with Crippen LogP contribution in [0.3, 0.4) is 0 Å². The molecule has 2 N–H and O–H groups in total. The highest BCUT2D eigenvalue weighted by Crippen LogP contribution is 2.05. The van der Waals surface area contributed by atoms with Gasteiger partial charge in [0.2, 0.25) is 0 Å². The second-order valence-electron chi connectivity index (χ2n) is 2.14. The SMILES string of the molecule is CC.Nc1cnc2ncccc2n1. The van der Waals surface area contributed by atoms with Crippen LogP contribution in [0.15, 0.2) is 24.5 Å². The zero-order valence-electron chi connectivity index (χ0n) is 7.73. The van der Waals surface area contributed by atoms with Gasteiger partial charge in [0, 0.05) is 6.20 Å². The maximum atomic E-state index is 5.42. The lowest BCUT2D eigenvalue weighted by atomic mass is 10.4. The lowest BCUT2D eigenvalue weighted by Crippen LogP contribution is -1.93. The van der Waals surface area contributed by atoms with Crippen LogP contribution in [0.2, 0.25) is 0 Å². The van der Waals surface area contributed by atoms with Crippen LogP contribution in [-0.2, 0) is 0 Å². The van der Waals surface area contributed by atoms with Crippen LogP contribution in [0.1, 0.15) is 13.8 Å². The first kappa shape index (κ1) is 9.38. The summed E-state index contributed by atoms with van der Waals surface area (Å²) in [7, 11) is 0. The van der Waals surface area contributed by atoms with Gasteiger partial charge in [0.05, 0.1) is 6.20 Å². The molecule has 13 heavy (non-hydrogen) atoms. The number of aromatic nitrogens is 3. The van der Waals surface area contributed by atoms with Crippen LogP contribution in [0.4, 0.5) is 5.82 Å². The molecule has 0 aliphatic heterocycles. The number of nitrogens with two attached hydrogens (primary N) is 1. The Morgan fingerprint density at radius 2 is 2.00 bits per heavy atom. The van der Waals surface area contributed by atoms with E-state index in [9.17, 15) is 0 Å². The second-order valence-corrected chi connectivity index (χ2v) is 2.14. The summed E-state index contributed by atoms with van der Waals surface area (Å²) in [4.78, 5) is 12.0. The van der Waals surface area contributed by atoms with Gasteiger partial charge in [0.1, 0.15) is 11.3 Å². The molecule has 0 bridgehead atoms. The van der Waals surface area contributed by atoms with E-state index in [0.29, 0.717) is 11.5 Å². The molecule has 0 unspecified atom stereocenters. The van der Waals surface area contributed by atoms with Crippen molar-refractivity contribution in [1.82, 2.24) is 15.0 Å². The molecule has 2 aromatic rings. The van der Waals surface area contributed by atoms with E-state index in [1.165, 1.54) is 6.20 Å². The van der Waals surface area contributed by atoms with Crippen molar-refractivity contribution in [3.05, 3.63) is 24.5 Å². The van der Waals surface area contributed by atoms with Crippen LogP contribution in [0.5, 0.6) is 0 Å². The molecule has 2 aromatic heterocycles. The fourth-order valence-corrected chi connectivity index (χ4v) is 0.870. The highest BCUT2D eigenvalue weighted by atomic mass is 14.9. The Bertz CT molecular complexity index is 386. The lowest BCUT2D eigenvalue weighted by molar-refractivity contribution is 1.23. The predicted molar refractivity (Wildman–Crippen MR) is 53.1 cm³/mol. The summed E-state index contributed by atoms with van der Waals surface area (Å²) in [6.45, 7) is 4.00. The van der Waals surface area contributed by atoms with Crippen molar-refractivity contribution in [3.63, 3.8) is 0 Å². The summed E-state index contributed by atoms with van der Waals surface area (Å²) in [5.41, 5.74) is 6.78. The number of nitrogens with zero attached hydrogens (tertiary/aromatic N) is 3. The largest absolute Gasteiger partial charge is 0.382 e. The number of anilines is 1. The maximum absolute atomic E-state index is 5.42. The van der Waals surface area contributed by atoms with Crippen molar-refractivity contribution in [3.8, 4) is 0 Å². The Morgan fingerprint density at radius 3 is 2.77 bits per heavy atom. The average molecular weight is 176 g/mol. The van der Waals surface area contributed by atoms with Crippen molar-refractivity contribution in [2.45, 2.75) is 13.8 Å². The molecule has 0 saturated carbocycles. The van der Waals surface area contributed by atoms with E-state index in [0.717, 1.165) is 5.52 Å². The molecule has 0 amide bonds. The van der Waals surface area contributed by atoms with E-state index in [4.69, 9.17) is 5.73 Å². The normalized spacial score (nSPS) is 9.08. The summed E-state index contributed by atoms with van der Waals surface area (Å²) < 4.78 is 0. The minimum atomic E-state index is 0.422. The molecule has 0 spiro atoms. The van der Waals surface area contributed by atoms with Crippen LogP contribution >= 0.6 is 0 Å². The Labute approximate surface area is 76.8 Å². The lowest BCUT2D eigenvalue weighted by Gasteiger charge is -1.94. The first-order chi connectivity index (χ1) is 6.36. The molecule has 0 aromatic carbocycles. The molecular weight excluding hydrogens is 164 g/mol. The molecule has 2 rings (SSSR count). The van der Waals surface area contributed by atoms with Gasteiger partial charge < -0.3 is 5.73 Å². The third kappa shape index (κ3) is 2.11. The molecular formula is C9H12N4. The minimum absolute atomic E-state index is 0.422. The molecule has 68 valence electrons. The predicted octanol–water partition coefficient (Wildman–Crippen LogP) is 1.63. The topological polar surface area (TPSA) is 64.7 Å². The average Bonchev–Trinajstić information content (AvgIpc) is 2.21. The summed E-state index contributed by atoms with van der Waals surface area (Å²) >= 11 is 0. The molecule has 0 aliphatic rings. The number of rotatable bonds is 0. The fourth-order valence-electron chi connectivity index (χ4n) is 0.870. The Hall–Kier alpha value is -1.71. The Morgan fingerprint density at radius 1 is 1.23 bits per heavy atom. The molecule has 0 fully saturated rings. The Balaban J connectivity index is 0.000000396. The molecule has 4 heteroatoms. The monoisotopic (exact) mass is 176 g/mol. The van der Waals surface area contributed by atoms with E-state index in [1.54, 1.807) is 12.3 Å². The van der Waals surface area contributed by atoms with Crippen molar-refractivity contribution in [2.24, 2.45) is 0 Å². The Kier molecular flexibility index (Phi) is 3.14. The van der Waals surface area contributed by atoms with Gasteiger partial charge in [0.25, 0.3) is 0 Å². The number of pyridine rings is 1. The fraction of sp³-hybridized carbons (Fsp3) is 0.222. The third-order valence-electron chi connectivity index (χ3n) is 1.33. The highest BCUT2D eigenvalue weighted by molar-refractivity contribution is 5.70. The molecule has 2 heterocycles. The summed E-state index contributed by atoms with van der Waals surface area (Å²) in [6.07, 6.45) is 3.17. The van der Waals surface area contributed by atoms with Crippen molar-refractivity contribution >= 4 is 17.0 Å². The van der Waals surface area contributed by atoms with Gasteiger partial charge in [-0.1, -0.05) is 13.8 Å². The van der Waals surface area contributed by atoms with Gasteiger partial charge in [-0.25, -0.2) is 15.0 Å². The maximum Gasteiger partial charge on any atom is 0.178 e. The van der Waals surface area contributed by atoms with E-state index in [1.807, 2.05) is 19.9 Å².